The molecule has 0 heterocycles. The maximum Gasteiger partial charge on any atom is 0.306 e. The largest absolute Gasteiger partial charge is 0.481 e. The molecule has 0 aliphatic rings. The zero-order chi connectivity index (χ0) is 17.9. The maximum absolute atomic E-state index is 11.5. The molecular weight excluding hydrogens is 304 g/mol. The molecule has 0 aliphatic heterocycles. The fraction of sp³-hybridized carbons (Fsp3) is 0.600. The van der Waals surface area contributed by atoms with Gasteiger partial charge in [0.05, 0.1) is 11.8 Å². The fourth-order valence-electron chi connectivity index (χ4n) is 2.98. The van der Waals surface area contributed by atoms with Gasteiger partial charge in [0.15, 0.2) is 0 Å². The van der Waals surface area contributed by atoms with E-state index in [2.05, 4.69) is 31.2 Å². The predicted octanol–water partition coefficient (Wildman–Crippen LogP) is 4.55. The zero-order valence-corrected chi connectivity index (χ0v) is 14.8. The van der Waals surface area contributed by atoms with Crippen LogP contribution in [0.4, 0.5) is 0 Å². The van der Waals surface area contributed by atoms with Crippen molar-refractivity contribution in [3.05, 3.63) is 35.4 Å². The van der Waals surface area contributed by atoms with Crippen LogP contribution in [0.15, 0.2) is 24.3 Å². The van der Waals surface area contributed by atoms with Gasteiger partial charge in [0.25, 0.3) is 0 Å². The molecule has 0 bridgehead atoms. The monoisotopic (exact) mass is 334 g/mol. The quantitative estimate of drug-likeness (QED) is 0.588. The summed E-state index contributed by atoms with van der Waals surface area (Å²) in [4.78, 5) is 22.8. The highest BCUT2D eigenvalue weighted by molar-refractivity contribution is 5.73. The van der Waals surface area contributed by atoms with Crippen molar-refractivity contribution in [3.8, 4) is 0 Å². The van der Waals surface area contributed by atoms with Gasteiger partial charge in [-0.3, -0.25) is 9.59 Å². The molecule has 0 spiro atoms. The molecule has 24 heavy (non-hydrogen) atoms. The molecule has 0 aromatic heterocycles. The lowest BCUT2D eigenvalue weighted by Crippen LogP contribution is -2.23. The molecule has 1 aromatic rings. The Bertz CT molecular complexity index is 507. The number of carboxylic acid groups (broad SMARTS) is 2. The predicted molar refractivity (Wildman–Crippen MR) is 95.2 cm³/mol. The molecule has 0 saturated carbocycles. The van der Waals surface area contributed by atoms with Crippen LogP contribution in [0.25, 0.3) is 0 Å². The first-order valence-electron chi connectivity index (χ1n) is 9.01. The molecule has 1 rings (SSSR count). The Morgan fingerprint density at radius 2 is 1.33 bits per heavy atom. The van der Waals surface area contributed by atoms with Crippen LogP contribution in [0.2, 0.25) is 0 Å². The lowest BCUT2D eigenvalue weighted by molar-refractivity contribution is -0.146. The summed E-state index contributed by atoms with van der Waals surface area (Å²) >= 11 is 0. The van der Waals surface area contributed by atoms with Gasteiger partial charge in [-0.2, -0.15) is 0 Å². The molecule has 1 unspecified atom stereocenters. The minimum atomic E-state index is -0.889. The first kappa shape index (κ1) is 20.2. The molecule has 4 nitrogen and oxygen atoms in total. The van der Waals surface area contributed by atoms with Crippen LogP contribution in [-0.2, 0) is 22.4 Å². The third-order valence-corrected chi connectivity index (χ3v) is 4.52. The minimum absolute atomic E-state index is 0.221. The number of aliphatic carboxylic acids is 2. The van der Waals surface area contributed by atoms with Crippen molar-refractivity contribution >= 4 is 11.9 Å². The van der Waals surface area contributed by atoms with E-state index in [1.807, 2.05) is 6.92 Å². The molecule has 4 heteroatoms. The minimum Gasteiger partial charge on any atom is -0.481 e. The molecule has 0 aliphatic carbocycles. The number of carbonyl (C=O) groups is 2. The van der Waals surface area contributed by atoms with E-state index in [1.54, 1.807) is 0 Å². The molecule has 0 saturated heterocycles. The smallest absolute Gasteiger partial charge is 0.306 e. The first-order valence-corrected chi connectivity index (χ1v) is 9.01. The summed E-state index contributed by atoms with van der Waals surface area (Å²) in [5.74, 6) is -2.92. The number of rotatable bonds is 12. The second kappa shape index (κ2) is 10.8. The number of hydrogen-bond donors (Lipinski definition) is 2. The fourth-order valence-corrected chi connectivity index (χ4v) is 2.98. The van der Waals surface area contributed by atoms with E-state index in [9.17, 15) is 19.8 Å². The molecule has 2 N–H and O–H groups in total. The summed E-state index contributed by atoms with van der Waals surface area (Å²) < 4.78 is 0. The van der Waals surface area contributed by atoms with Crippen molar-refractivity contribution in [3.63, 3.8) is 0 Å². The Hall–Kier alpha value is -1.84. The van der Waals surface area contributed by atoms with Gasteiger partial charge in [0.1, 0.15) is 0 Å². The van der Waals surface area contributed by atoms with Crippen LogP contribution < -0.4 is 0 Å². The highest BCUT2D eigenvalue weighted by atomic mass is 16.4. The van der Waals surface area contributed by atoms with Crippen molar-refractivity contribution in [2.75, 3.05) is 0 Å². The Morgan fingerprint density at radius 3 is 1.79 bits per heavy atom. The number of carboxylic acids is 2. The second-order valence-electron chi connectivity index (χ2n) is 6.55. The first-order chi connectivity index (χ1) is 11.5. The third kappa shape index (κ3) is 7.16. The zero-order valence-electron chi connectivity index (χ0n) is 14.8. The molecule has 0 amide bonds. The Morgan fingerprint density at radius 1 is 0.833 bits per heavy atom. The Kier molecular flexibility index (Phi) is 9.13. The number of aryl methyl sites for hydroxylation is 2. The lowest BCUT2D eigenvalue weighted by Gasteiger charge is -2.18. The summed E-state index contributed by atoms with van der Waals surface area (Å²) in [5.41, 5.74) is 2.41. The Balaban J connectivity index is 2.61. The van der Waals surface area contributed by atoms with E-state index in [0.29, 0.717) is 19.3 Å². The standard InChI is InChI=1S/C20H30O4/c1-3-5-7-17(19(21)22)14-18(20(23)24)13-12-16-10-8-15(6-4-2)9-11-16/h8-11,17-18H,3-7,12-14H2,1-2H3,(H,21,22)(H,23,24)/t17?,18-/m1/s1. The summed E-state index contributed by atoms with van der Waals surface area (Å²) in [6.07, 6.45) is 5.83. The number of unbranched alkanes of at least 4 members (excludes halogenated alkanes) is 1. The van der Waals surface area contributed by atoms with Crippen molar-refractivity contribution < 1.29 is 19.8 Å². The molecule has 0 fully saturated rings. The number of hydrogen-bond acceptors (Lipinski definition) is 2. The van der Waals surface area contributed by atoms with Gasteiger partial charge in [-0.1, -0.05) is 57.4 Å². The van der Waals surface area contributed by atoms with Crippen molar-refractivity contribution in [1.82, 2.24) is 0 Å². The molecule has 134 valence electrons. The summed E-state index contributed by atoms with van der Waals surface area (Å²) in [5, 5.41) is 18.7. The van der Waals surface area contributed by atoms with Gasteiger partial charge >= 0.3 is 11.9 Å². The van der Waals surface area contributed by atoms with E-state index >= 15 is 0 Å². The highest BCUT2D eigenvalue weighted by Gasteiger charge is 2.26. The van der Waals surface area contributed by atoms with Crippen LogP contribution >= 0.6 is 0 Å². The van der Waals surface area contributed by atoms with Crippen molar-refractivity contribution in [2.45, 2.75) is 65.2 Å². The summed E-state index contributed by atoms with van der Waals surface area (Å²) in [7, 11) is 0. The van der Waals surface area contributed by atoms with E-state index in [4.69, 9.17) is 0 Å². The van der Waals surface area contributed by atoms with E-state index < -0.39 is 23.8 Å². The van der Waals surface area contributed by atoms with Gasteiger partial charge in [-0.05, 0) is 43.2 Å². The van der Waals surface area contributed by atoms with Gasteiger partial charge in [-0.25, -0.2) is 0 Å². The SMILES string of the molecule is CCCCC(C[C@@H](CCc1ccc(CCC)cc1)C(=O)O)C(=O)O. The van der Waals surface area contributed by atoms with Crippen LogP contribution in [0, 0.1) is 11.8 Å². The van der Waals surface area contributed by atoms with E-state index in [1.165, 1.54) is 5.56 Å². The highest BCUT2D eigenvalue weighted by Crippen LogP contribution is 2.23. The molecular formula is C20H30O4. The van der Waals surface area contributed by atoms with Gasteiger partial charge < -0.3 is 10.2 Å². The average Bonchev–Trinajstić information content (AvgIpc) is 2.55. The Labute approximate surface area is 144 Å². The van der Waals surface area contributed by atoms with Gasteiger partial charge in [0, 0.05) is 0 Å². The number of benzene rings is 1. The maximum atomic E-state index is 11.5. The topological polar surface area (TPSA) is 74.6 Å². The third-order valence-electron chi connectivity index (χ3n) is 4.52. The van der Waals surface area contributed by atoms with Gasteiger partial charge in [0.2, 0.25) is 0 Å². The van der Waals surface area contributed by atoms with Crippen LogP contribution in [-0.4, -0.2) is 22.2 Å². The second-order valence-corrected chi connectivity index (χ2v) is 6.55. The van der Waals surface area contributed by atoms with Gasteiger partial charge in [-0.15, -0.1) is 0 Å². The van der Waals surface area contributed by atoms with E-state index in [0.717, 1.165) is 31.2 Å². The summed E-state index contributed by atoms with van der Waals surface area (Å²) in [6.45, 7) is 4.15. The van der Waals surface area contributed by atoms with Crippen LogP contribution in [0.3, 0.4) is 0 Å². The summed E-state index contributed by atoms with van der Waals surface area (Å²) in [6, 6.07) is 8.29. The van der Waals surface area contributed by atoms with E-state index in [-0.39, 0.29) is 6.42 Å². The normalized spacial score (nSPS) is 13.4. The average molecular weight is 334 g/mol. The molecule has 0 radical (unpaired) electrons. The van der Waals surface area contributed by atoms with Crippen LogP contribution in [0.5, 0.6) is 0 Å². The molecule has 2 atom stereocenters. The lowest BCUT2D eigenvalue weighted by atomic mass is 9.87. The van der Waals surface area contributed by atoms with Crippen molar-refractivity contribution in [1.29, 1.82) is 0 Å². The molecule has 1 aromatic carbocycles. The van der Waals surface area contributed by atoms with Crippen LogP contribution in [0.1, 0.15) is 63.5 Å². The van der Waals surface area contributed by atoms with Crippen molar-refractivity contribution in [2.24, 2.45) is 11.8 Å².